The van der Waals surface area contributed by atoms with E-state index in [-0.39, 0.29) is 24.5 Å². The van der Waals surface area contributed by atoms with Crippen LogP contribution in [0.3, 0.4) is 0 Å². The molecule has 98 valence electrons. The quantitative estimate of drug-likeness (QED) is 0.547. The molecule has 2 fully saturated rings. The van der Waals surface area contributed by atoms with Crippen LogP contribution in [0.15, 0.2) is 0 Å². The van der Waals surface area contributed by atoms with E-state index in [0.717, 1.165) is 12.8 Å². The van der Waals surface area contributed by atoms with E-state index in [2.05, 4.69) is 5.32 Å². The van der Waals surface area contributed by atoms with Crippen LogP contribution in [0, 0.1) is 17.8 Å². The molecule has 2 saturated carbocycles. The van der Waals surface area contributed by atoms with Gasteiger partial charge in [-0.1, -0.05) is 0 Å². The zero-order valence-electron chi connectivity index (χ0n) is 10.1. The van der Waals surface area contributed by atoms with Gasteiger partial charge in [0.25, 0.3) is 0 Å². The number of fused-ring (bicyclic) bond motifs is 2. The van der Waals surface area contributed by atoms with E-state index in [1.165, 1.54) is 6.42 Å². The Bertz CT molecular complexity index is 270. The maximum absolute atomic E-state index is 12.0. The maximum atomic E-state index is 12.0. The van der Waals surface area contributed by atoms with Crippen LogP contribution in [0.2, 0.25) is 0 Å². The molecule has 0 heterocycles. The number of hydrogen-bond acceptors (Lipinski definition) is 4. The Hall–Kier alpha value is -0.650. The summed E-state index contributed by atoms with van der Waals surface area (Å²) in [5.41, 5.74) is 6.09. The molecule has 0 radical (unpaired) electrons. The van der Waals surface area contributed by atoms with Gasteiger partial charge in [0.15, 0.2) is 0 Å². The molecule has 17 heavy (non-hydrogen) atoms. The first-order valence-electron chi connectivity index (χ1n) is 6.46. The SMILES string of the molecule is NC1C2CCC(C2)C1C(=O)NCCOCCO. The molecule has 0 spiro atoms. The molecule has 5 nitrogen and oxygen atoms in total. The van der Waals surface area contributed by atoms with Crippen molar-refractivity contribution in [2.24, 2.45) is 23.5 Å². The number of rotatable bonds is 6. The van der Waals surface area contributed by atoms with E-state index in [1.54, 1.807) is 0 Å². The van der Waals surface area contributed by atoms with Gasteiger partial charge in [-0.25, -0.2) is 0 Å². The van der Waals surface area contributed by atoms with Crippen molar-refractivity contribution >= 4 is 5.91 Å². The third-order valence-corrected chi connectivity index (χ3v) is 4.06. The summed E-state index contributed by atoms with van der Waals surface area (Å²) >= 11 is 0. The third-order valence-electron chi connectivity index (χ3n) is 4.06. The molecule has 4 atom stereocenters. The number of nitrogens with two attached hydrogens (primary N) is 1. The summed E-state index contributed by atoms with van der Waals surface area (Å²) in [6.07, 6.45) is 3.47. The molecule has 4 unspecified atom stereocenters. The molecular formula is C12H22N2O3. The van der Waals surface area contributed by atoms with E-state index < -0.39 is 0 Å². The molecule has 0 saturated heterocycles. The predicted molar refractivity (Wildman–Crippen MR) is 63.2 cm³/mol. The lowest BCUT2D eigenvalue weighted by Gasteiger charge is -2.26. The Labute approximate surface area is 102 Å². The average Bonchev–Trinajstić information content (AvgIpc) is 2.89. The van der Waals surface area contributed by atoms with Crippen LogP contribution in [0.5, 0.6) is 0 Å². The number of nitrogens with one attached hydrogen (secondary N) is 1. The normalized spacial score (nSPS) is 35.2. The minimum Gasteiger partial charge on any atom is -0.394 e. The second-order valence-corrected chi connectivity index (χ2v) is 5.06. The van der Waals surface area contributed by atoms with Crippen molar-refractivity contribution in [3.05, 3.63) is 0 Å². The molecule has 2 aliphatic carbocycles. The Morgan fingerprint density at radius 3 is 2.76 bits per heavy atom. The van der Waals surface area contributed by atoms with Crippen LogP contribution in [-0.2, 0) is 9.53 Å². The Balaban J connectivity index is 1.69. The van der Waals surface area contributed by atoms with Gasteiger partial charge in [0.2, 0.25) is 5.91 Å². The number of aliphatic hydroxyl groups excluding tert-OH is 1. The maximum Gasteiger partial charge on any atom is 0.225 e. The van der Waals surface area contributed by atoms with Gasteiger partial charge < -0.3 is 20.9 Å². The molecule has 1 amide bonds. The molecule has 2 aliphatic rings. The first-order valence-corrected chi connectivity index (χ1v) is 6.46. The summed E-state index contributed by atoms with van der Waals surface area (Å²) in [6, 6.07) is 0.0483. The van der Waals surface area contributed by atoms with Crippen LogP contribution < -0.4 is 11.1 Å². The fourth-order valence-corrected chi connectivity index (χ4v) is 3.26. The fraction of sp³-hybridized carbons (Fsp3) is 0.917. The fourth-order valence-electron chi connectivity index (χ4n) is 3.26. The topological polar surface area (TPSA) is 84.6 Å². The summed E-state index contributed by atoms with van der Waals surface area (Å²) in [6.45, 7) is 1.29. The molecule has 4 N–H and O–H groups in total. The van der Waals surface area contributed by atoms with Gasteiger partial charge in [-0.15, -0.1) is 0 Å². The minimum atomic E-state index is 0.00610. The summed E-state index contributed by atoms with van der Waals surface area (Å²) in [7, 11) is 0. The van der Waals surface area contributed by atoms with E-state index in [4.69, 9.17) is 15.6 Å². The number of hydrogen-bond donors (Lipinski definition) is 3. The van der Waals surface area contributed by atoms with Crippen molar-refractivity contribution in [2.45, 2.75) is 25.3 Å². The molecule has 2 bridgehead atoms. The van der Waals surface area contributed by atoms with Gasteiger partial charge in [-0.3, -0.25) is 4.79 Å². The highest BCUT2D eigenvalue weighted by molar-refractivity contribution is 5.80. The zero-order valence-corrected chi connectivity index (χ0v) is 10.1. The van der Waals surface area contributed by atoms with Crippen LogP contribution in [-0.4, -0.2) is 43.4 Å². The Morgan fingerprint density at radius 2 is 2.12 bits per heavy atom. The highest BCUT2D eigenvalue weighted by Crippen LogP contribution is 2.47. The van der Waals surface area contributed by atoms with E-state index in [9.17, 15) is 4.79 Å². The first-order chi connectivity index (χ1) is 8.24. The third kappa shape index (κ3) is 2.78. The van der Waals surface area contributed by atoms with Gasteiger partial charge in [0.05, 0.1) is 25.7 Å². The zero-order chi connectivity index (χ0) is 12.3. The highest BCUT2D eigenvalue weighted by atomic mass is 16.5. The second kappa shape index (κ2) is 5.80. The number of ether oxygens (including phenoxy) is 1. The van der Waals surface area contributed by atoms with Crippen molar-refractivity contribution < 1.29 is 14.6 Å². The van der Waals surface area contributed by atoms with Gasteiger partial charge in [-0.05, 0) is 31.1 Å². The van der Waals surface area contributed by atoms with Crippen molar-refractivity contribution in [1.82, 2.24) is 5.32 Å². The molecule has 0 aromatic carbocycles. The smallest absolute Gasteiger partial charge is 0.225 e. The lowest BCUT2D eigenvalue weighted by atomic mass is 9.84. The summed E-state index contributed by atoms with van der Waals surface area (Å²) in [5, 5.41) is 11.4. The summed E-state index contributed by atoms with van der Waals surface area (Å²) in [4.78, 5) is 12.0. The van der Waals surface area contributed by atoms with Gasteiger partial charge in [0, 0.05) is 12.6 Å². The van der Waals surface area contributed by atoms with Crippen molar-refractivity contribution in [3.8, 4) is 0 Å². The monoisotopic (exact) mass is 242 g/mol. The van der Waals surface area contributed by atoms with Crippen molar-refractivity contribution in [3.63, 3.8) is 0 Å². The van der Waals surface area contributed by atoms with Crippen LogP contribution >= 0.6 is 0 Å². The van der Waals surface area contributed by atoms with Crippen molar-refractivity contribution in [1.29, 1.82) is 0 Å². The summed E-state index contributed by atoms with van der Waals surface area (Å²) < 4.78 is 5.09. The Kier molecular flexibility index (Phi) is 4.36. The molecule has 0 aromatic rings. The highest BCUT2D eigenvalue weighted by Gasteiger charge is 2.48. The number of carbonyl (C=O) groups excluding carboxylic acids is 1. The predicted octanol–water partition coefficient (Wildman–Crippen LogP) is -0.515. The van der Waals surface area contributed by atoms with Crippen LogP contribution in [0.1, 0.15) is 19.3 Å². The number of amides is 1. The lowest BCUT2D eigenvalue weighted by molar-refractivity contribution is -0.127. The molecular weight excluding hydrogens is 220 g/mol. The lowest BCUT2D eigenvalue weighted by Crippen LogP contribution is -2.45. The average molecular weight is 242 g/mol. The first kappa shape index (κ1) is 12.8. The van der Waals surface area contributed by atoms with Crippen LogP contribution in [0.4, 0.5) is 0 Å². The van der Waals surface area contributed by atoms with Crippen molar-refractivity contribution in [2.75, 3.05) is 26.4 Å². The number of aliphatic hydroxyl groups is 1. The molecule has 2 rings (SSSR count). The number of carbonyl (C=O) groups is 1. The minimum absolute atomic E-state index is 0.00610. The molecule has 5 heteroatoms. The van der Waals surface area contributed by atoms with E-state index in [1.807, 2.05) is 0 Å². The standard InChI is InChI=1S/C12H22N2O3/c13-11-9-2-1-8(7-9)10(11)12(16)14-3-5-17-6-4-15/h8-11,15H,1-7,13H2,(H,14,16). The molecule has 0 aromatic heterocycles. The Morgan fingerprint density at radius 1 is 1.35 bits per heavy atom. The van der Waals surface area contributed by atoms with E-state index >= 15 is 0 Å². The van der Waals surface area contributed by atoms with Crippen LogP contribution in [0.25, 0.3) is 0 Å². The van der Waals surface area contributed by atoms with Gasteiger partial charge >= 0.3 is 0 Å². The largest absolute Gasteiger partial charge is 0.394 e. The van der Waals surface area contributed by atoms with Gasteiger partial charge in [0.1, 0.15) is 0 Å². The second-order valence-electron chi connectivity index (χ2n) is 5.06. The van der Waals surface area contributed by atoms with Gasteiger partial charge in [-0.2, -0.15) is 0 Å². The summed E-state index contributed by atoms with van der Waals surface area (Å²) in [5.74, 6) is 1.14. The molecule has 0 aliphatic heterocycles. The van der Waals surface area contributed by atoms with E-state index in [0.29, 0.717) is 31.6 Å².